The van der Waals surface area contributed by atoms with Crippen molar-refractivity contribution in [2.45, 2.75) is 63.3 Å². The zero-order valence-electron chi connectivity index (χ0n) is 15.3. The maximum Gasteiger partial charge on any atom is 0.273 e. The minimum absolute atomic E-state index is 0.266. The van der Waals surface area contributed by atoms with Crippen LogP contribution in [0.25, 0.3) is 5.69 Å². The third-order valence-corrected chi connectivity index (χ3v) is 5.74. The first kappa shape index (κ1) is 17.7. The summed E-state index contributed by atoms with van der Waals surface area (Å²) >= 11 is 0. The van der Waals surface area contributed by atoms with Crippen LogP contribution in [0.2, 0.25) is 0 Å². The van der Waals surface area contributed by atoms with Gasteiger partial charge in [-0.3, -0.25) is 4.79 Å². The summed E-state index contributed by atoms with van der Waals surface area (Å²) < 4.78 is 15.1. The van der Waals surface area contributed by atoms with Crippen molar-refractivity contribution in [3.63, 3.8) is 0 Å². The molecule has 2 aromatic rings. The number of nitrogens with zero attached hydrogens (tertiary/aromatic N) is 3. The van der Waals surface area contributed by atoms with Gasteiger partial charge in [-0.2, -0.15) is 10.4 Å². The second-order valence-electron chi connectivity index (χ2n) is 7.58. The van der Waals surface area contributed by atoms with Gasteiger partial charge < -0.3 is 5.32 Å². The lowest BCUT2D eigenvalue weighted by atomic mass is 9.82. The molecular formula is C21H23FN4O. The van der Waals surface area contributed by atoms with Crippen LogP contribution in [0.15, 0.2) is 24.3 Å². The average molecular weight is 366 g/mol. The van der Waals surface area contributed by atoms with Crippen molar-refractivity contribution in [3.05, 3.63) is 47.0 Å². The summed E-state index contributed by atoms with van der Waals surface area (Å²) in [6.07, 6.45) is 8.11. The molecule has 1 amide bonds. The van der Waals surface area contributed by atoms with Gasteiger partial charge in [0.2, 0.25) is 0 Å². The topological polar surface area (TPSA) is 70.7 Å². The zero-order valence-corrected chi connectivity index (χ0v) is 15.3. The third-order valence-electron chi connectivity index (χ3n) is 5.74. The highest BCUT2D eigenvalue weighted by Gasteiger charge is 2.36. The van der Waals surface area contributed by atoms with Gasteiger partial charge in [-0.1, -0.05) is 19.3 Å². The number of rotatable bonds is 3. The maximum absolute atomic E-state index is 13.3. The summed E-state index contributed by atoms with van der Waals surface area (Å²) in [4.78, 5) is 13.0. The average Bonchev–Trinajstić information content (AvgIpc) is 3.09. The molecule has 27 heavy (non-hydrogen) atoms. The summed E-state index contributed by atoms with van der Waals surface area (Å²) in [7, 11) is 0. The number of carbonyl (C=O) groups is 1. The van der Waals surface area contributed by atoms with Gasteiger partial charge in [0.1, 0.15) is 11.4 Å². The Balaban J connectivity index is 1.69. The highest BCUT2D eigenvalue weighted by molar-refractivity contribution is 5.95. The molecule has 1 heterocycles. The summed E-state index contributed by atoms with van der Waals surface area (Å²) in [5, 5.41) is 17.2. The van der Waals surface area contributed by atoms with Crippen molar-refractivity contribution < 1.29 is 9.18 Å². The predicted octanol–water partition coefficient (Wildman–Crippen LogP) is 3.85. The smallest absolute Gasteiger partial charge is 0.273 e. The first-order valence-electron chi connectivity index (χ1n) is 9.72. The molecule has 1 aromatic carbocycles. The van der Waals surface area contributed by atoms with E-state index in [4.69, 9.17) is 0 Å². The van der Waals surface area contributed by atoms with E-state index in [9.17, 15) is 14.4 Å². The Labute approximate surface area is 158 Å². The molecule has 1 aromatic heterocycles. The molecule has 2 aliphatic rings. The van der Waals surface area contributed by atoms with E-state index < -0.39 is 5.54 Å². The highest BCUT2D eigenvalue weighted by Crippen LogP contribution is 2.30. The number of aromatic nitrogens is 2. The minimum atomic E-state index is -0.781. The van der Waals surface area contributed by atoms with Crippen LogP contribution in [-0.2, 0) is 12.8 Å². The Morgan fingerprint density at radius 3 is 2.52 bits per heavy atom. The van der Waals surface area contributed by atoms with E-state index in [0.29, 0.717) is 18.5 Å². The Hall–Kier alpha value is -2.68. The van der Waals surface area contributed by atoms with E-state index in [-0.39, 0.29) is 11.7 Å². The molecule has 2 aliphatic carbocycles. The number of amides is 1. The molecule has 6 heteroatoms. The fourth-order valence-corrected chi connectivity index (χ4v) is 4.27. The number of halogens is 1. The summed E-state index contributed by atoms with van der Waals surface area (Å²) in [6, 6.07) is 8.49. The molecule has 0 radical (unpaired) electrons. The predicted molar refractivity (Wildman–Crippen MR) is 99.1 cm³/mol. The van der Waals surface area contributed by atoms with Crippen molar-refractivity contribution in [1.29, 1.82) is 5.26 Å². The van der Waals surface area contributed by atoms with Crippen LogP contribution in [0.4, 0.5) is 4.39 Å². The van der Waals surface area contributed by atoms with Crippen LogP contribution in [-0.4, -0.2) is 21.2 Å². The molecule has 5 nitrogen and oxygen atoms in total. The molecule has 1 fully saturated rings. The second-order valence-corrected chi connectivity index (χ2v) is 7.58. The third kappa shape index (κ3) is 3.34. The number of fused-ring (bicyclic) bond motifs is 1. The molecule has 0 unspecified atom stereocenters. The lowest BCUT2D eigenvalue weighted by Crippen LogP contribution is -2.49. The van der Waals surface area contributed by atoms with Gasteiger partial charge in [0, 0.05) is 11.3 Å². The van der Waals surface area contributed by atoms with Crippen molar-refractivity contribution in [1.82, 2.24) is 15.1 Å². The first-order chi connectivity index (χ1) is 13.1. The maximum atomic E-state index is 13.3. The van der Waals surface area contributed by atoms with Crippen LogP contribution < -0.4 is 5.32 Å². The number of benzene rings is 1. The SMILES string of the molecule is N#CC1(NC(=O)c2nn(-c3ccc(F)cc3)c3c2CCCC3)CCCCC1. The lowest BCUT2D eigenvalue weighted by Gasteiger charge is -2.31. The first-order valence-corrected chi connectivity index (χ1v) is 9.72. The van der Waals surface area contributed by atoms with Crippen molar-refractivity contribution in [3.8, 4) is 11.8 Å². The van der Waals surface area contributed by atoms with E-state index in [0.717, 1.165) is 61.9 Å². The Bertz CT molecular complexity index is 888. The Kier molecular flexibility index (Phi) is 4.69. The Morgan fingerprint density at radius 1 is 1.11 bits per heavy atom. The molecule has 0 atom stereocenters. The molecular weight excluding hydrogens is 343 g/mol. The van der Waals surface area contributed by atoms with Crippen molar-refractivity contribution in [2.24, 2.45) is 0 Å². The van der Waals surface area contributed by atoms with E-state index >= 15 is 0 Å². The molecule has 1 saturated carbocycles. The normalized spacial score (nSPS) is 18.4. The largest absolute Gasteiger partial charge is 0.332 e. The second kappa shape index (κ2) is 7.15. The van der Waals surface area contributed by atoms with Gasteiger partial charge in [-0.15, -0.1) is 0 Å². The number of carbonyl (C=O) groups excluding carboxylic acids is 1. The summed E-state index contributed by atoms with van der Waals surface area (Å²) in [5.74, 6) is -0.566. The van der Waals surface area contributed by atoms with Gasteiger partial charge in [0.05, 0.1) is 11.8 Å². The zero-order chi connectivity index (χ0) is 18.9. The molecule has 0 aliphatic heterocycles. The Morgan fingerprint density at radius 2 is 1.81 bits per heavy atom. The monoisotopic (exact) mass is 366 g/mol. The molecule has 140 valence electrons. The van der Waals surface area contributed by atoms with Gasteiger partial charge in [0.25, 0.3) is 5.91 Å². The van der Waals surface area contributed by atoms with Crippen molar-refractivity contribution in [2.75, 3.05) is 0 Å². The van der Waals surface area contributed by atoms with Gasteiger partial charge in [-0.25, -0.2) is 9.07 Å². The highest BCUT2D eigenvalue weighted by atomic mass is 19.1. The quantitative estimate of drug-likeness (QED) is 0.897. The fourth-order valence-electron chi connectivity index (χ4n) is 4.27. The fraction of sp³-hybridized carbons (Fsp3) is 0.476. The van der Waals surface area contributed by atoms with Crippen LogP contribution in [0, 0.1) is 17.1 Å². The van der Waals surface area contributed by atoms with E-state index in [1.54, 1.807) is 16.8 Å². The van der Waals surface area contributed by atoms with E-state index in [1.165, 1.54) is 12.1 Å². The molecule has 4 rings (SSSR count). The van der Waals surface area contributed by atoms with Crippen molar-refractivity contribution >= 4 is 5.91 Å². The molecule has 0 bridgehead atoms. The molecule has 1 N–H and O–H groups in total. The number of nitrogens with one attached hydrogen (secondary N) is 1. The van der Waals surface area contributed by atoms with E-state index in [1.807, 2.05) is 0 Å². The summed E-state index contributed by atoms with van der Waals surface area (Å²) in [5.41, 5.74) is 2.37. The van der Waals surface area contributed by atoms with Gasteiger partial charge in [0.15, 0.2) is 5.69 Å². The van der Waals surface area contributed by atoms with Crippen LogP contribution in [0.3, 0.4) is 0 Å². The van der Waals surface area contributed by atoms with E-state index in [2.05, 4.69) is 16.5 Å². The van der Waals surface area contributed by atoms with Crippen LogP contribution >= 0.6 is 0 Å². The number of nitriles is 1. The molecule has 0 spiro atoms. The molecule has 0 saturated heterocycles. The minimum Gasteiger partial charge on any atom is -0.332 e. The number of hydrogen-bond donors (Lipinski definition) is 1. The van der Waals surface area contributed by atoms with Crippen LogP contribution in [0.1, 0.15) is 66.7 Å². The summed E-state index contributed by atoms with van der Waals surface area (Å²) in [6.45, 7) is 0. The van der Waals surface area contributed by atoms with Crippen LogP contribution in [0.5, 0.6) is 0 Å². The standard InChI is InChI=1S/C21H23FN4O/c22-15-8-10-16(11-9-15)26-18-7-3-2-6-17(18)19(25-26)20(27)24-21(14-23)12-4-1-5-13-21/h8-11H,1-7,12-13H2,(H,24,27). The number of hydrogen-bond acceptors (Lipinski definition) is 3. The lowest BCUT2D eigenvalue weighted by molar-refractivity contribution is 0.0896. The van der Waals surface area contributed by atoms with Gasteiger partial charge >= 0.3 is 0 Å². The van der Waals surface area contributed by atoms with Gasteiger partial charge in [-0.05, 0) is 62.8 Å².